The van der Waals surface area contributed by atoms with E-state index in [4.69, 9.17) is 13.9 Å². The Bertz CT molecular complexity index is 743. The van der Waals surface area contributed by atoms with E-state index in [1.807, 2.05) is 48.5 Å². The summed E-state index contributed by atoms with van der Waals surface area (Å²) in [6.45, 7) is 1.79. The van der Waals surface area contributed by atoms with Gasteiger partial charge in [0.05, 0.1) is 0 Å². The average Bonchev–Trinajstić information content (AvgIpc) is 3.23. The fourth-order valence-corrected chi connectivity index (χ4v) is 2.70. The molecule has 1 atom stereocenters. The van der Waals surface area contributed by atoms with Crippen LogP contribution < -0.4 is 14.8 Å². The van der Waals surface area contributed by atoms with Crippen molar-refractivity contribution >= 4 is 11.1 Å². The summed E-state index contributed by atoms with van der Waals surface area (Å²) in [6, 6.07) is 15.5. The zero-order chi connectivity index (χ0) is 15.5. The van der Waals surface area contributed by atoms with Crippen molar-refractivity contribution in [3.63, 3.8) is 0 Å². The van der Waals surface area contributed by atoms with Gasteiger partial charge in [0, 0.05) is 6.04 Å². The molecule has 23 heavy (non-hydrogen) atoms. The molecule has 5 heteroatoms. The molecule has 0 aliphatic carbocycles. The standard InChI is InChI=1S/C18H18N2O3/c1-2-6-17-16(5-1)20-18(23-17)22-15-9-7-14(8-10-15)21-12-13-4-3-11-19-13/h1-2,5-10,13,19H,3-4,11-12H2/t13-/m1/s1. The molecule has 1 N–H and O–H groups in total. The highest BCUT2D eigenvalue weighted by molar-refractivity contribution is 5.72. The van der Waals surface area contributed by atoms with Crippen molar-refractivity contribution in [1.82, 2.24) is 10.3 Å². The number of nitrogens with zero attached hydrogens (tertiary/aromatic N) is 1. The summed E-state index contributed by atoms with van der Waals surface area (Å²) < 4.78 is 17.0. The number of hydrogen-bond acceptors (Lipinski definition) is 5. The van der Waals surface area contributed by atoms with Crippen LogP contribution in [0, 0.1) is 0 Å². The van der Waals surface area contributed by atoms with Crippen LogP contribution in [0.4, 0.5) is 0 Å². The van der Waals surface area contributed by atoms with E-state index in [-0.39, 0.29) is 6.08 Å². The van der Waals surface area contributed by atoms with Crippen LogP contribution in [0.5, 0.6) is 17.6 Å². The molecule has 5 nitrogen and oxygen atoms in total. The number of benzene rings is 2. The predicted octanol–water partition coefficient (Wildman–Crippen LogP) is 3.75. The lowest BCUT2D eigenvalue weighted by Gasteiger charge is -2.12. The third kappa shape index (κ3) is 3.29. The lowest BCUT2D eigenvalue weighted by Crippen LogP contribution is -2.28. The van der Waals surface area contributed by atoms with E-state index in [1.165, 1.54) is 12.8 Å². The average molecular weight is 310 g/mol. The minimum Gasteiger partial charge on any atom is -0.492 e. The van der Waals surface area contributed by atoms with Crippen LogP contribution >= 0.6 is 0 Å². The first-order chi connectivity index (χ1) is 11.4. The normalized spacial score (nSPS) is 17.5. The summed E-state index contributed by atoms with van der Waals surface area (Å²) in [7, 11) is 0. The number of oxazole rings is 1. The van der Waals surface area contributed by atoms with E-state index in [1.54, 1.807) is 0 Å². The largest absolute Gasteiger partial charge is 0.492 e. The first-order valence-electron chi connectivity index (χ1n) is 7.86. The molecule has 1 saturated heterocycles. The Morgan fingerprint density at radius 1 is 1.09 bits per heavy atom. The summed E-state index contributed by atoms with van der Waals surface area (Å²) in [5.41, 5.74) is 1.50. The highest BCUT2D eigenvalue weighted by Gasteiger charge is 2.14. The Kier molecular flexibility index (Phi) is 3.86. The maximum Gasteiger partial charge on any atom is 0.400 e. The first kappa shape index (κ1) is 14.1. The molecule has 0 amide bonds. The lowest BCUT2D eigenvalue weighted by molar-refractivity contribution is 0.276. The Labute approximate surface area is 134 Å². The molecule has 0 saturated carbocycles. The van der Waals surface area contributed by atoms with Gasteiger partial charge in [0.15, 0.2) is 5.58 Å². The van der Waals surface area contributed by atoms with E-state index in [0.717, 1.165) is 17.8 Å². The summed E-state index contributed by atoms with van der Waals surface area (Å²) >= 11 is 0. The molecule has 118 valence electrons. The van der Waals surface area contributed by atoms with E-state index in [9.17, 15) is 0 Å². The highest BCUT2D eigenvalue weighted by atomic mass is 16.6. The van der Waals surface area contributed by atoms with E-state index < -0.39 is 0 Å². The van der Waals surface area contributed by atoms with Crippen molar-refractivity contribution in [2.75, 3.05) is 13.2 Å². The molecule has 1 aliphatic heterocycles. The maximum atomic E-state index is 5.79. The Morgan fingerprint density at radius 3 is 2.70 bits per heavy atom. The van der Waals surface area contributed by atoms with Crippen molar-refractivity contribution < 1.29 is 13.9 Å². The topological polar surface area (TPSA) is 56.5 Å². The van der Waals surface area contributed by atoms with Gasteiger partial charge in [-0.1, -0.05) is 12.1 Å². The monoisotopic (exact) mass is 310 g/mol. The van der Waals surface area contributed by atoms with Gasteiger partial charge in [-0.3, -0.25) is 0 Å². The number of hydrogen-bond donors (Lipinski definition) is 1. The number of fused-ring (bicyclic) bond motifs is 1. The molecular formula is C18H18N2O3. The molecule has 0 unspecified atom stereocenters. The zero-order valence-electron chi connectivity index (χ0n) is 12.7. The van der Waals surface area contributed by atoms with Crippen LogP contribution in [-0.2, 0) is 0 Å². The molecule has 1 fully saturated rings. The molecule has 2 heterocycles. The molecule has 4 rings (SSSR count). The predicted molar refractivity (Wildman–Crippen MR) is 87.0 cm³/mol. The molecule has 1 aromatic heterocycles. The minimum absolute atomic E-state index is 0.245. The van der Waals surface area contributed by atoms with Crippen LogP contribution in [0.15, 0.2) is 52.9 Å². The number of para-hydroxylation sites is 2. The van der Waals surface area contributed by atoms with Gasteiger partial charge < -0.3 is 19.2 Å². The van der Waals surface area contributed by atoms with E-state index in [0.29, 0.717) is 24.0 Å². The van der Waals surface area contributed by atoms with Crippen molar-refractivity contribution in [2.45, 2.75) is 18.9 Å². The molecule has 0 spiro atoms. The quantitative estimate of drug-likeness (QED) is 0.778. The summed E-state index contributed by atoms with van der Waals surface area (Å²) in [5, 5.41) is 3.41. The van der Waals surface area contributed by atoms with Crippen LogP contribution in [0.3, 0.4) is 0 Å². The van der Waals surface area contributed by atoms with Gasteiger partial charge in [0.1, 0.15) is 23.6 Å². The summed E-state index contributed by atoms with van der Waals surface area (Å²) in [4.78, 5) is 4.29. The van der Waals surface area contributed by atoms with Crippen LogP contribution in [0.1, 0.15) is 12.8 Å². The van der Waals surface area contributed by atoms with Gasteiger partial charge in [-0.25, -0.2) is 0 Å². The fourth-order valence-electron chi connectivity index (χ4n) is 2.70. The van der Waals surface area contributed by atoms with Crippen LogP contribution in [0.25, 0.3) is 11.1 Å². The minimum atomic E-state index is 0.245. The van der Waals surface area contributed by atoms with Gasteiger partial charge in [0.2, 0.25) is 0 Å². The Balaban J connectivity index is 1.39. The second-order valence-electron chi connectivity index (χ2n) is 5.63. The van der Waals surface area contributed by atoms with Gasteiger partial charge in [-0.2, -0.15) is 4.98 Å². The molecule has 1 aliphatic rings. The van der Waals surface area contributed by atoms with Crippen LogP contribution in [-0.4, -0.2) is 24.2 Å². The number of rotatable bonds is 5. The molecule has 3 aromatic rings. The lowest BCUT2D eigenvalue weighted by atomic mass is 10.2. The summed E-state index contributed by atoms with van der Waals surface area (Å²) in [5.74, 6) is 1.51. The number of nitrogens with one attached hydrogen (secondary N) is 1. The fraction of sp³-hybridized carbons (Fsp3) is 0.278. The number of ether oxygens (including phenoxy) is 2. The van der Waals surface area contributed by atoms with Crippen molar-refractivity contribution in [1.29, 1.82) is 0 Å². The van der Waals surface area contributed by atoms with Gasteiger partial charge in [-0.05, 0) is 55.8 Å². The SMILES string of the molecule is c1ccc2oc(Oc3ccc(OC[C@H]4CCCN4)cc3)nc2c1. The van der Waals surface area contributed by atoms with Crippen molar-refractivity contribution in [2.24, 2.45) is 0 Å². The maximum absolute atomic E-state index is 5.79. The van der Waals surface area contributed by atoms with Crippen LogP contribution in [0.2, 0.25) is 0 Å². The van der Waals surface area contributed by atoms with Crippen molar-refractivity contribution in [3.05, 3.63) is 48.5 Å². The molecule has 0 bridgehead atoms. The third-order valence-corrected chi connectivity index (χ3v) is 3.92. The molecular weight excluding hydrogens is 292 g/mol. The Hall–Kier alpha value is -2.53. The number of aromatic nitrogens is 1. The second kappa shape index (κ2) is 6.30. The van der Waals surface area contributed by atoms with Gasteiger partial charge >= 0.3 is 6.08 Å². The summed E-state index contributed by atoms with van der Waals surface area (Å²) in [6.07, 6.45) is 2.65. The first-order valence-corrected chi connectivity index (χ1v) is 7.86. The molecule has 2 aromatic carbocycles. The van der Waals surface area contributed by atoms with E-state index >= 15 is 0 Å². The van der Waals surface area contributed by atoms with Gasteiger partial charge in [0.25, 0.3) is 0 Å². The van der Waals surface area contributed by atoms with Crippen molar-refractivity contribution in [3.8, 4) is 17.6 Å². The smallest absolute Gasteiger partial charge is 0.400 e. The third-order valence-electron chi connectivity index (χ3n) is 3.92. The highest BCUT2D eigenvalue weighted by Crippen LogP contribution is 2.26. The zero-order valence-corrected chi connectivity index (χ0v) is 12.7. The van der Waals surface area contributed by atoms with E-state index in [2.05, 4.69) is 10.3 Å². The Morgan fingerprint density at radius 2 is 1.91 bits per heavy atom. The molecule has 0 radical (unpaired) electrons. The second-order valence-corrected chi connectivity index (χ2v) is 5.63. The van der Waals surface area contributed by atoms with Gasteiger partial charge in [-0.15, -0.1) is 0 Å².